The first-order valence-electron chi connectivity index (χ1n) is 9.65. The molecule has 1 heterocycles. The van der Waals surface area contributed by atoms with Crippen molar-refractivity contribution in [3.8, 4) is 5.75 Å². The third-order valence-corrected chi connectivity index (χ3v) is 4.61. The zero-order chi connectivity index (χ0) is 19.8. The van der Waals surface area contributed by atoms with E-state index in [1.54, 1.807) is 19.1 Å². The molecule has 148 valence electrons. The Morgan fingerprint density at radius 1 is 1.00 bits per heavy atom. The van der Waals surface area contributed by atoms with Gasteiger partial charge < -0.3 is 19.7 Å². The van der Waals surface area contributed by atoms with E-state index >= 15 is 0 Å². The highest BCUT2D eigenvalue weighted by molar-refractivity contribution is 5.93. The number of esters is 1. The Bertz CT molecular complexity index is 771. The lowest BCUT2D eigenvalue weighted by Gasteiger charge is -2.28. The fraction of sp³-hybridized carbons (Fsp3) is 0.364. The summed E-state index contributed by atoms with van der Waals surface area (Å²) in [5.74, 6) is -0.393. The highest BCUT2D eigenvalue weighted by Crippen LogP contribution is 2.21. The quantitative estimate of drug-likeness (QED) is 0.741. The Morgan fingerprint density at radius 3 is 2.36 bits per heavy atom. The van der Waals surface area contributed by atoms with E-state index in [0.29, 0.717) is 11.4 Å². The summed E-state index contributed by atoms with van der Waals surface area (Å²) in [5.41, 5.74) is 1.84. The van der Waals surface area contributed by atoms with E-state index in [0.717, 1.165) is 18.8 Å². The van der Waals surface area contributed by atoms with Crippen molar-refractivity contribution in [1.29, 1.82) is 0 Å². The molecular weight excluding hydrogens is 356 g/mol. The second-order valence-electron chi connectivity index (χ2n) is 6.82. The minimum Gasteiger partial charge on any atom is -0.479 e. The summed E-state index contributed by atoms with van der Waals surface area (Å²) >= 11 is 0. The molecule has 2 aromatic carbocycles. The number of nitrogens with zero attached hydrogens (tertiary/aromatic N) is 1. The molecule has 1 aliphatic heterocycles. The molecular formula is C22H26N2O4. The lowest BCUT2D eigenvalue weighted by molar-refractivity contribution is -0.153. The van der Waals surface area contributed by atoms with E-state index < -0.39 is 12.1 Å². The first-order chi connectivity index (χ1) is 13.6. The van der Waals surface area contributed by atoms with Crippen LogP contribution < -0.4 is 15.0 Å². The van der Waals surface area contributed by atoms with Crippen LogP contribution in [0, 0.1) is 0 Å². The minimum atomic E-state index is -0.793. The number of carbonyl (C=O) groups excluding carboxylic acids is 2. The molecule has 2 aromatic rings. The van der Waals surface area contributed by atoms with Crippen LogP contribution in [0.15, 0.2) is 54.6 Å². The standard InChI is InChI=1S/C22H26N2O4/c1-17(28-20-8-4-2-5-9-20)22(26)27-16-21(25)23-18-10-12-19(13-11-18)24-14-6-3-7-15-24/h2,4-5,8-13,17H,3,6-7,14-16H2,1H3,(H,23,25)/t17-/m0/s1. The average Bonchev–Trinajstić information content (AvgIpc) is 2.74. The van der Waals surface area contributed by atoms with Crippen LogP contribution in [0.4, 0.5) is 11.4 Å². The Labute approximate surface area is 165 Å². The third kappa shape index (κ3) is 5.74. The second-order valence-corrected chi connectivity index (χ2v) is 6.82. The number of carbonyl (C=O) groups is 2. The zero-order valence-corrected chi connectivity index (χ0v) is 16.1. The molecule has 1 N–H and O–H groups in total. The number of hydrogen-bond acceptors (Lipinski definition) is 5. The summed E-state index contributed by atoms with van der Waals surface area (Å²) in [5, 5.41) is 2.74. The van der Waals surface area contributed by atoms with E-state index in [9.17, 15) is 9.59 Å². The summed E-state index contributed by atoms with van der Waals surface area (Å²) in [4.78, 5) is 26.4. The van der Waals surface area contributed by atoms with Crippen LogP contribution in [0.5, 0.6) is 5.75 Å². The summed E-state index contributed by atoms with van der Waals surface area (Å²) < 4.78 is 10.5. The maximum Gasteiger partial charge on any atom is 0.347 e. The summed E-state index contributed by atoms with van der Waals surface area (Å²) in [7, 11) is 0. The van der Waals surface area contributed by atoms with Gasteiger partial charge in [-0.25, -0.2) is 4.79 Å². The predicted molar refractivity (Wildman–Crippen MR) is 109 cm³/mol. The van der Waals surface area contributed by atoms with Crippen molar-refractivity contribution in [2.45, 2.75) is 32.3 Å². The summed E-state index contributed by atoms with van der Waals surface area (Å²) in [6.07, 6.45) is 2.93. The van der Waals surface area contributed by atoms with Crippen molar-refractivity contribution in [3.63, 3.8) is 0 Å². The first kappa shape index (κ1) is 19.7. The molecule has 3 rings (SSSR count). The topological polar surface area (TPSA) is 67.9 Å². The van der Waals surface area contributed by atoms with Gasteiger partial charge >= 0.3 is 5.97 Å². The number of piperidine rings is 1. The van der Waals surface area contributed by atoms with Crippen molar-refractivity contribution in [2.75, 3.05) is 29.9 Å². The molecule has 0 aliphatic carbocycles. The van der Waals surface area contributed by atoms with Crippen LogP contribution in [-0.4, -0.2) is 37.7 Å². The fourth-order valence-electron chi connectivity index (χ4n) is 3.11. The second kappa shape index (κ2) is 9.78. The Morgan fingerprint density at radius 2 is 1.68 bits per heavy atom. The highest BCUT2D eigenvalue weighted by Gasteiger charge is 2.18. The van der Waals surface area contributed by atoms with Crippen molar-refractivity contribution in [3.05, 3.63) is 54.6 Å². The van der Waals surface area contributed by atoms with Crippen molar-refractivity contribution >= 4 is 23.3 Å². The van der Waals surface area contributed by atoms with Gasteiger partial charge in [0, 0.05) is 24.5 Å². The van der Waals surface area contributed by atoms with Crippen LogP contribution >= 0.6 is 0 Å². The number of ether oxygens (including phenoxy) is 2. The van der Waals surface area contributed by atoms with Crippen LogP contribution in [0.1, 0.15) is 26.2 Å². The highest BCUT2D eigenvalue weighted by atomic mass is 16.6. The number of amides is 1. The van der Waals surface area contributed by atoms with Crippen molar-refractivity contribution in [1.82, 2.24) is 0 Å². The lowest BCUT2D eigenvalue weighted by atomic mass is 10.1. The first-order valence-corrected chi connectivity index (χ1v) is 9.65. The lowest BCUT2D eigenvalue weighted by Crippen LogP contribution is -2.30. The number of anilines is 2. The third-order valence-electron chi connectivity index (χ3n) is 4.61. The van der Waals surface area contributed by atoms with Crippen LogP contribution in [0.2, 0.25) is 0 Å². The Hall–Kier alpha value is -3.02. The fourth-order valence-corrected chi connectivity index (χ4v) is 3.11. The largest absolute Gasteiger partial charge is 0.479 e. The number of hydrogen-bond donors (Lipinski definition) is 1. The molecule has 0 unspecified atom stereocenters. The minimum absolute atomic E-state index is 0.352. The van der Waals surface area contributed by atoms with Gasteiger partial charge in [0.15, 0.2) is 12.7 Å². The van der Waals surface area contributed by atoms with Crippen LogP contribution in [0.3, 0.4) is 0 Å². The molecule has 1 saturated heterocycles. The molecule has 6 heteroatoms. The molecule has 0 radical (unpaired) electrons. The van der Waals surface area contributed by atoms with Crippen molar-refractivity contribution < 1.29 is 19.1 Å². The van der Waals surface area contributed by atoms with Crippen molar-refractivity contribution in [2.24, 2.45) is 0 Å². The molecule has 1 amide bonds. The molecule has 6 nitrogen and oxygen atoms in total. The van der Waals surface area contributed by atoms with Gasteiger partial charge in [0.25, 0.3) is 5.91 Å². The molecule has 0 spiro atoms. The predicted octanol–water partition coefficient (Wildman–Crippen LogP) is 3.63. The summed E-state index contributed by atoms with van der Waals surface area (Å²) in [6.45, 7) is 3.39. The number of nitrogens with one attached hydrogen (secondary N) is 1. The maximum atomic E-state index is 12.0. The molecule has 1 aliphatic rings. The van der Waals surface area contributed by atoms with E-state index in [-0.39, 0.29) is 12.5 Å². The average molecular weight is 382 g/mol. The number of benzene rings is 2. The van der Waals surface area contributed by atoms with E-state index in [2.05, 4.69) is 10.2 Å². The molecule has 0 aromatic heterocycles. The molecule has 1 atom stereocenters. The van der Waals surface area contributed by atoms with Gasteiger partial charge in [-0.3, -0.25) is 4.79 Å². The normalized spacial score (nSPS) is 14.8. The SMILES string of the molecule is C[C@H](Oc1ccccc1)C(=O)OCC(=O)Nc1ccc(N2CCCCC2)cc1. The van der Waals surface area contributed by atoms with E-state index in [4.69, 9.17) is 9.47 Å². The van der Waals surface area contributed by atoms with Gasteiger partial charge in [0.1, 0.15) is 5.75 Å². The van der Waals surface area contributed by atoms with Crippen LogP contribution in [-0.2, 0) is 14.3 Å². The van der Waals surface area contributed by atoms with Gasteiger partial charge in [-0.1, -0.05) is 18.2 Å². The van der Waals surface area contributed by atoms with Gasteiger partial charge in [-0.15, -0.1) is 0 Å². The molecule has 0 bridgehead atoms. The van der Waals surface area contributed by atoms with E-state index in [1.807, 2.05) is 42.5 Å². The number of rotatable bonds is 7. The Kier molecular flexibility index (Phi) is 6.89. The monoisotopic (exact) mass is 382 g/mol. The number of para-hydroxylation sites is 1. The molecule has 0 saturated carbocycles. The van der Waals surface area contributed by atoms with Gasteiger partial charge in [-0.2, -0.15) is 0 Å². The van der Waals surface area contributed by atoms with Gasteiger partial charge in [0.2, 0.25) is 0 Å². The van der Waals surface area contributed by atoms with Gasteiger partial charge in [0.05, 0.1) is 0 Å². The van der Waals surface area contributed by atoms with Gasteiger partial charge in [-0.05, 0) is 62.6 Å². The Balaban J connectivity index is 1.42. The maximum absolute atomic E-state index is 12.0. The molecule has 28 heavy (non-hydrogen) atoms. The molecule has 1 fully saturated rings. The summed E-state index contributed by atoms with van der Waals surface area (Å²) in [6, 6.07) is 16.7. The van der Waals surface area contributed by atoms with E-state index in [1.165, 1.54) is 19.3 Å². The smallest absolute Gasteiger partial charge is 0.347 e. The van der Waals surface area contributed by atoms with Crippen LogP contribution in [0.25, 0.3) is 0 Å². The zero-order valence-electron chi connectivity index (χ0n) is 16.1.